The van der Waals surface area contributed by atoms with Crippen molar-refractivity contribution in [3.05, 3.63) is 42.0 Å². The van der Waals surface area contributed by atoms with Crippen molar-refractivity contribution in [2.75, 3.05) is 6.79 Å². The van der Waals surface area contributed by atoms with Crippen LogP contribution in [0.2, 0.25) is 0 Å². The molecule has 0 saturated heterocycles. The topological polar surface area (TPSA) is 96.1 Å². The third kappa shape index (κ3) is 3.55. The summed E-state index contributed by atoms with van der Waals surface area (Å²) in [6.45, 7) is 0.999. The lowest BCUT2D eigenvalue weighted by molar-refractivity contribution is -0.121. The monoisotopic (exact) mass is 394 g/mol. The summed E-state index contributed by atoms with van der Waals surface area (Å²) in [5.74, 6) is 3.23. The Balaban J connectivity index is 1.22. The van der Waals surface area contributed by atoms with E-state index in [0.29, 0.717) is 12.2 Å². The lowest BCUT2D eigenvalue weighted by atomic mass is 10.1. The molecule has 0 spiro atoms. The van der Waals surface area contributed by atoms with Gasteiger partial charge in [0.15, 0.2) is 17.3 Å². The van der Waals surface area contributed by atoms with Crippen molar-refractivity contribution in [3.63, 3.8) is 0 Å². The van der Waals surface area contributed by atoms with Gasteiger partial charge in [0.2, 0.25) is 12.7 Å². The summed E-state index contributed by atoms with van der Waals surface area (Å²) in [5.41, 5.74) is 1.87. The molecule has 9 heteroatoms. The summed E-state index contributed by atoms with van der Waals surface area (Å²) in [6.07, 6.45) is 6.52. The van der Waals surface area contributed by atoms with Gasteiger partial charge in [-0.3, -0.25) is 9.48 Å². The van der Waals surface area contributed by atoms with Crippen LogP contribution in [0.4, 0.5) is 0 Å². The fourth-order valence-corrected chi connectivity index (χ4v) is 3.90. The van der Waals surface area contributed by atoms with Gasteiger partial charge in [0.1, 0.15) is 5.82 Å². The van der Waals surface area contributed by atoms with Crippen LogP contribution in [0, 0.1) is 0 Å². The average Bonchev–Trinajstić information content (AvgIpc) is 3.40. The maximum absolute atomic E-state index is 12.6. The Bertz CT molecular complexity index is 1060. The second kappa shape index (κ2) is 7.23. The summed E-state index contributed by atoms with van der Waals surface area (Å²) < 4.78 is 14.6. The molecular weight excluding hydrogens is 372 g/mol. The van der Waals surface area contributed by atoms with Crippen molar-refractivity contribution in [1.82, 2.24) is 29.9 Å². The molecule has 0 fully saturated rings. The first-order chi connectivity index (χ1) is 14.2. The third-order valence-electron chi connectivity index (χ3n) is 5.37. The lowest BCUT2D eigenvalue weighted by Gasteiger charge is -2.16. The van der Waals surface area contributed by atoms with E-state index in [-0.39, 0.29) is 18.7 Å². The van der Waals surface area contributed by atoms with Gasteiger partial charge in [-0.05, 0) is 30.5 Å². The number of aryl methyl sites for hydroxylation is 2. The zero-order chi connectivity index (χ0) is 19.8. The molecule has 0 radical (unpaired) electrons. The van der Waals surface area contributed by atoms with Gasteiger partial charge in [0.25, 0.3) is 0 Å². The SMILES string of the molecule is Cn1cc(-c2nnc3n2CCC(NC(=O)Cc2ccc4c(c2)OCO4)CC3)cn1. The number of nitrogens with zero attached hydrogens (tertiary/aromatic N) is 5. The van der Waals surface area contributed by atoms with Crippen LogP contribution in [-0.4, -0.2) is 43.3 Å². The van der Waals surface area contributed by atoms with E-state index in [0.717, 1.165) is 54.3 Å². The number of hydrogen-bond acceptors (Lipinski definition) is 6. The molecule has 0 saturated carbocycles. The van der Waals surface area contributed by atoms with E-state index in [1.165, 1.54) is 0 Å². The smallest absolute Gasteiger partial charge is 0.231 e. The van der Waals surface area contributed by atoms with Gasteiger partial charge in [-0.25, -0.2) is 0 Å². The van der Waals surface area contributed by atoms with Crippen molar-refractivity contribution < 1.29 is 14.3 Å². The Morgan fingerprint density at radius 3 is 3.00 bits per heavy atom. The number of carbonyl (C=O) groups excluding carboxylic acids is 1. The first-order valence-corrected chi connectivity index (χ1v) is 9.75. The molecule has 3 aromatic rings. The largest absolute Gasteiger partial charge is 0.454 e. The highest BCUT2D eigenvalue weighted by atomic mass is 16.7. The van der Waals surface area contributed by atoms with Gasteiger partial charge in [-0.15, -0.1) is 10.2 Å². The number of aromatic nitrogens is 5. The van der Waals surface area contributed by atoms with E-state index < -0.39 is 0 Å². The zero-order valence-corrected chi connectivity index (χ0v) is 16.2. The molecule has 1 amide bonds. The van der Waals surface area contributed by atoms with Crippen LogP contribution >= 0.6 is 0 Å². The van der Waals surface area contributed by atoms with E-state index in [9.17, 15) is 4.79 Å². The second-order valence-corrected chi connectivity index (χ2v) is 7.45. The van der Waals surface area contributed by atoms with E-state index in [1.54, 1.807) is 10.9 Å². The summed E-state index contributed by atoms with van der Waals surface area (Å²) in [5, 5.41) is 16.1. The Morgan fingerprint density at radius 2 is 2.14 bits per heavy atom. The highest BCUT2D eigenvalue weighted by Crippen LogP contribution is 2.32. The number of amides is 1. The molecule has 9 nitrogen and oxygen atoms in total. The number of carbonyl (C=O) groups is 1. The Morgan fingerprint density at radius 1 is 1.24 bits per heavy atom. The minimum Gasteiger partial charge on any atom is -0.454 e. The van der Waals surface area contributed by atoms with E-state index >= 15 is 0 Å². The number of benzene rings is 1. The van der Waals surface area contributed by atoms with E-state index in [4.69, 9.17) is 9.47 Å². The first kappa shape index (κ1) is 17.7. The van der Waals surface area contributed by atoms with Crippen molar-refractivity contribution in [1.29, 1.82) is 0 Å². The van der Waals surface area contributed by atoms with Gasteiger partial charge in [0, 0.05) is 32.3 Å². The van der Waals surface area contributed by atoms with Crippen molar-refractivity contribution in [3.8, 4) is 22.9 Å². The van der Waals surface area contributed by atoms with Gasteiger partial charge in [-0.2, -0.15) is 5.10 Å². The fourth-order valence-electron chi connectivity index (χ4n) is 3.90. The molecule has 0 bridgehead atoms. The fraction of sp³-hybridized carbons (Fsp3) is 0.400. The van der Waals surface area contributed by atoms with Gasteiger partial charge >= 0.3 is 0 Å². The molecular formula is C20H22N6O3. The molecule has 150 valence electrons. The van der Waals surface area contributed by atoms with E-state index in [2.05, 4.69) is 25.2 Å². The second-order valence-electron chi connectivity index (χ2n) is 7.45. The molecule has 0 aliphatic carbocycles. The number of ether oxygens (including phenoxy) is 2. The van der Waals surface area contributed by atoms with Crippen molar-refractivity contribution >= 4 is 5.91 Å². The van der Waals surface area contributed by atoms with Crippen molar-refractivity contribution in [2.45, 2.75) is 38.3 Å². The number of fused-ring (bicyclic) bond motifs is 2. The van der Waals surface area contributed by atoms with Gasteiger partial charge in [-0.1, -0.05) is 6.07 Å². The minimum absolute atomic E-state index is 0.0130. The molecule has 4 heterocycles. The predicted octanol–water partition coefficient (Wildman–Crippen LogP) is 1.47. The van der Waals surface area contributed by atoms with Crippen LogP contribution in [-0.2, 0) is 31.2 Å². The quantitative estimate of drug-likeness (QED) is 0.720. The zero-order valence-electron chi connectivity index (χ0n) is 16.2. The highest BCUT2D eigenvalue weighted by Gasteiger charge is 2.23. The summed E-state index contributed by atoms with van der Waals surface area (Å²) >= 11 is 0. The normalized spacial score (nSPS) is 17.6. The molecule has 5 rings (SSSR count). The molecule has 1 unspecified atom stereocenters. The summed E-state index contributed by atoms with van der Waals surface area (Å²) in [6, 6.07) is 5.74. The molecule has 1 aromatic carbocycles. The summed E-state index contributed by atoms with van der Waals surface area (Å²) in [7, 11) is 1.88. The van der Waals surface area contributed by atoms with Gasteiger partial charge in [0.05, 0.1) is 18.2 Å². The standard InChI is InChI=1S/C20H22N6O3/c1-25-11-14(10-21-25)20-24-23-18-5-3-15(6-7-26(18)20)22-19(27)9-13-2-4-16-17(8-13)29-12-28-16/h2,4,8,10-11,15H,3,5-7,9,12H2,1H3,(H,22,27). The minimum atomic E-state index is 0.0130. The Labute approximate surface area is 167 Å². The Kier molecular flexibility index (Phi) is 4.42. The van der Waals surface area contributed by atoms with Crippen LogP contribution in [0.15, 0.2) is 30.6 Å². The number of hydrogen-bond donors (Lipinski definition) is 1. The van der Waals surface area contributed by atoms with Gasteiger partial charge < -0.3 is 19.4 Å². The predicted molar refractivity (Wildman–Crippen MR) is 103 cm³/mol. The lowest BCUT2D eigenvalue weighted by Crippen LogP contribution is -2.36. The molecule has 1 N–H and O–H groups in total. The van der Waals surface area contributed by atoms with Crippen LogP contribution < -0.4 is 14.8 Å². The van der Waals surface area contributed by atoms with Crippen molar-refractivity contribution in [2.24, 2.45) is 7.05 Å². The molecule has 29 heavy (non-hydrogen) atoms. The molecule has 2 aliphatic rings. The molecule has 1 atom stereocenters. The molecule has 2 aliphatic heterocycles. The van der Waals surface area contributed by atoms with Crippen LogP contribution in [0.3, 0.4) is 0 Å². The number of rotatable bonds is 4. The number of nitrogens with one attached hydrogen (secondary N) is 1. The van der Waals surface area contributed by atoms with Crippen LogP contribution in [0.5, 0.6) is 11.5 Å². The van der Waals surface area contributed by atoms with E-state index in [1.807, 2.05) is 31.4 Å². The Hall–Kier alpha value is -3.36. The molecule has 2 aromatic heterocycles. The highest BCUT2D eigenvalue weighted by molar-refractivity contribution is 5.79. The maximum atomic E-state index is 12.6. The first-order valence-electron chi connectivity index (χ1n) is 9.75. The average molecular weight is 394 g/mol. The maximum Gasteiger partial charge on any atom is 0.231 e. The summed E-state index contributed by atoms with van der Waals surface area (Å²) in [4.78, 5) is 12.6. The third-order valence-corrected chi connectivity index (χ3v) is 5.37. The van der Waals surface area contributed by atoms with Crippen LogP contribution in [0.1, 0.15) is 24.2 Å². The van der Waals surface area contributed by atoms with Crippen LogP contribution in [0.25, 0.3) is 11.4 Å².